The van der Waals surface area contributed by atoms with E-state index in [4.69, 9.17) is 10.2 Å². The lowest BCUT2D eigenvalue weighted by atomic mass is 10.3. The average Bonchev–Trinajstić information content (AvgIpc) is 3.30. The van der Waals surface area contributed by atoms with Crippen LogP contribution in [0.5, 0.6) is 0 Å². The molecule has 0 aliphatic carbocycles. The van der Waals surface area contributed by atoms with Crippen molar-refractivity contribution < 1.29 is 9.21 Å². The van der Waals surface area contributed by atoms with Gasteiger partial charge in [-0.05, 0) is 36.6 Å². The summed E-state index contributed by atoms with van der Waals surface area (Å²) in [5.41, 5.74) is 5.21. The highest BCUT2D eigenvalue weighted by molar-refractivity contribution is 14.0. The molecule has 2 aromatic heterocycles. The number of nitrogens with two attached hydrogens (primary N) is 1. The molecule has 3 N–H and O–H groups in total. The summed E-state index contributed by atoms with van der Waals surface area (Å²) < 4.78 is 5.39. The summed E-state index contributed by atoms with van der Waals surface area (Å²) in [6.45, 7) is 6.99. The first-order valence-corrected chi connectivity index (χ1v) is 9.25. The van der Waals surface area contributed by atoms with Crippen LogP contribution in [0.3, 0.4) is 0 Å². The maximum atomic E-state index is 11.1. The molecule has 2 aromatic rings. The molecule has 1 aliphatic heterocycles. The summed E-state index contributed by atoms with van der Waals surface area (Å²) in [5.74, 6) is 1.10. The molecule has 0 spiro atoms. The van der Waals surface area contributed by atoms with Gasteiger partial charge in [0.05, 0.1) is 5.00 Å². The van der Waals surface area contributed by atoms with E-state index in [1.54, 1.807) is 23.5 Å². The summed E-state index contributed by atoms with van der Waals surface area (Å²) in [6, 6.07) is 7.57. The number of thiophene rings is 1. The van der Waals surface area contributed by atoms with Crippen LogP contribution in [0.1, 0.15) is 23.2 Å². The lowest BCUT2D eigenvalue weighted by Crippen LogP contribution is -2.52. The van der Waals surface area contributed by atoms with Gasteiger partial charge in [0.25, 0.3) is 5.91 Å². The Hall–Kier alpha value is -1.75. The normalized spacial score (nSPS) is 14.9. The highest BCUT2D eigenvalue weighted by Crippen LogP contribution is 2.22. The van der Waals surface area contributed by atoms with Gasteiger partial charge in [-0.15, -0.1) is 35.3 Å². The minimum atomic E-state index is -0.563. The van der Waals surface area contributed by atoms with Gasteiger partial charge in [-0.25, -0.2) is 4.99 Å². The average molecular weight is 489 g/mol. The van der Waals surface area contributed by atoms with E-state index in [1.807, 2.05) is 0 Å². The summed E-state index contributed by atoms with van der Waals surface area (Å²) in [7, 11) is 0. The van der Waals surface area contributed by atoms with Crippen LogP contribution in [0.2, 0.25) is 0 Å². The summed E-state index contributed by atoms with van der Waals surface area (Å²) in [5, 5.41) is 6.75. The second kappa shape index (κ2) is 9.81. The molecular formula is C17H24IN5O2S. The largest absolute Gasteiger partial charge is 0.454 e. The molecule has 0 saturated carbocycles. The molecule has 142 valence electrons. The SMILES string of the molecule is CCNC(=NCc1ccc(C(N)=O)o1)N1CCN(c2cccs2)CC1.I. The Morgan fingerprint density at radius 2 is 2.08 bits per heavy atom. The number of carbonyl (C=O) groups excluding carboxylic acids is 1. The number of piperazine rings is 1. The molecule has 7 nitrogen and oxygen atoms in total. The van der Waals surface area contributed by atoms with Crippen molar-refractivity contribution >= 4 is 52.2 Å². The van der Waals surface area contributed by atoms with Crippen LogP contribution >= 0.6 is 35.3 Å². The molecule has 0 radical (unpaired) electrons. The molecule has 1 saturated heterocycles. The summed E-state index contributed by atoms with van der Waals surface area (Å²) in [6.07, 6.45) is 0. The topological polar surface area (TPSA) is 87.1 Å². The Morgan fingerprint density at radius 3 is 2.65 bits per heavy atom. The number of carbonyl (C=O) groups is 1. The second-order valence-electron chi connectivity index (χ2n) is 5.73. The lowest BCUT2D eigenvalue weighted by molar-refractivity contribution is 0.0972. The molecule has 1 fully saturated rings. The van der Waals surface area contributed by atoms with E-state index in [9.17, 15) is 4.79 Å². The molecule has 0 atom stereocenters. The van der Waals surface area contributed by atoms with Crippen molar-refractivity contribution in [1.29, 1.82) is 0 Å². The second-order valence-corrected chi connectivity index (χ2v) is 6.65. The Labute approximate surface area is 174 Å². The first-order chi connectivity index (χ1) is 12.2. The van der Waals surface area contributed by atoms with Gasteiger partial charge in [-0.2, -0.15) is 0 Å². The molecular weight excluding hydrogens is 465 g/mol. The summed E-state index contributed by atoms with van der Waals surface area (Å²) >= 11 is 1.77. The third-order valence-corrected chi connectivity index (χ3v) is 4.95. The fourth-order valence-corrected chi connectivity index (χ4v) is 3.55. The molecule has 9 heteroatoms. The van der Waals surface area contributed by atoms with Crippen LogP contribution < -0.4 is 16.0 Å². The Balaban J connectivity index is 0.00000243. The standard InChI is InChI=1S/C17H23N5O2S.HI/c1-2-19-17(20-12-13-5-6-14(24-13)16(18)23)22-9-7-21(8-10-22)15-4-3-11-25-15;/h3-6,11H,2,7-10,12H2,1H3,(H2,18,23)(H,19,20);1H. The van der Waals surface area contributed by atoms with Crippen molar-refractivity contribution in [3.63, 3.8) is 0 Å². The highest BCUT2D eigenvalue weighted by Gasteiger charge is 2.20. The molecule has 0 aromatic carbocycles. The smallest absolute Gasteiger partial charge is 0.284 e. The van der Waals surface area contributed by atoms with Crippen molar-refractivity contribution in [2.24, 2.45) is 10.7 Å². The zero-order valence-corrected chi connectivity index (χ0v) is 17.8. The quantitative estimate of drug-likeness (QED) is 0.383. The van der Waals surface area contributed by atoms with E-state index in [-0.39, 0.29) is 29.7 Å². The van der Waals surface area contributed by atoms with Crippen molar-refractivity contribution in [2.45, 2.75) is 13.5 Å². The number of halogens is 1. The van der Waals surface area contributed by atoms with Gasteiger partial charge in [-0.3, -0.25) is 4.79 Å². The third kappa shape index (κ3) is 5.13. The maximum Gasteiger partial charge on any atom is 0.284 e. The number of aliphatic imine (C=N–C) groups is 1. The maximum absolute atomic E-state index is 11.1. The molecule has 1 amide bonds. The van der Waals surface area contributed by atoms with Gasteiger partial charge < -0.3 is 25.3 Å². The van der Waals surface area contributed by atoms with Gasteiger partial charge in [0, 0.05) is 32.7 Å². The fraction of sp³-hybridized carbons (Fsp3) is 0.412. The zero-order valence-electron chi connectivity index (χ0n) is 14.7. The van der Waals surface area contributed by atoms with Crippen molar-refractivity contribution in [3.8, 4) is 0 Å². The number of amides is 1. The number of primary amides is 1. The van der Waals surface area contributed by atoms with Gasteiger partial charge in [0.2, 0.25) is 0 Å². The highest BCUT2D eigenvalue weighted by atomic mass is 127. The lowest BCUT2D eigenvalue weighted by Gasteiger charge is -2.37. The molecule has 26 heavy (non-hydrogen) atoms. The number of anilines is 1. The molecule has 0 bridgehead atoms. The fourth-order valence-electron chi connectivity index (χ4n) is 2.76. The number of nitrogens with zero attached hydrogens (tertiary/aromatic N) is 3. The minimum Gasteiger partial charge on any atom is -0.454 e. The van der Waals surface area contributed by atoms with Gasteiger partial charge in [-0.1, -0.05) is 0 Å². The van der Waals surface area contributed by atoms with Crippen molar-refractivity contribution in [1.82, 2.24) is 10.2 Å². The Kier molecular flexibility index (Phi) is 7.76. The first-order valence-electron chi connectivity index (χ1n) is 8.37. The third-order valence-electron chi connectivity index (χ3n) is 4.02. The Bertz CT molecular complexity index is 723. The number of nitrogens with one attached hydrogen (secondary N) is 1. The van der Waals surface area contributed by atoms with E-state index in [0.717, 1.165) is 38.7 Å². The molecule has 0 unspecified atom stereocenters. The number of hydrogen-bond acceptors (Lipinski definition) is 5. The number of furan rings is 1. The number of guanidine groups is 1. The van der Waals surface area contributed by atoms with E-state index in [0.29, 0.717) is 12.3 Å². The predicted octanol–water partition coefficient (Wildman–Crippen LogP) is 2.35. The molecule has 1 aliphatic rings. The van der Waals surface area contributed by atoms with Crippen LogP contribution in [0.4, 0.5) is 5.00 Å². The summed E-state index contributed by atoms with van der Waals surface area (Å²) in [4.78, 5) is 20.4. The zero-order chi connectivity index (χ0) is 17.6. The Morgan fingerprint density at radius 1 is 1.31 bits per heavy atom. The number of rotatable bonds is 5. The van der Waals surface area contributed by atoms with E-state index in [2.05, 4.69) is 44.5 Å². The van der Waals surface area contributed by atoms with Crippen LogP contribution in [0.25, 0.3) is 0 Å². The van der Waals surface area contributed by atoms with Crippen molar-refractivity contribution in [3.05, 3.63) is 41.2 Å². The van der Waals surface area contributed by atoms with Crippen LogP contribution in [0.15, 0.2) is 39.1 Å². The first kappa shape index (κ1) is 20.6. The van der Waals surface area contributed by atoms with E-state index >= 15 is 0 Å². The van der Waals surface area contributed by atoms with Crippen LogP contribution in [-0.2, 0) is 6.54 Å². The van der Waals surface area contributed by atoms with Crippen LogP contribution in [0, 0.1) is 0 Å². The van der Waals surface area contributed by atoms with Crippen molar-refractivity contribution in [2.75, 3.05) is 37.6 Å². The van der Waals surface area contributed by atoms with Gasteiger partial charge >= 0.3 is 0 Å². The molecule has 3 rings (SSSR count). The van der Waals surface area contributed by atoms with Gasteiger partial charge in [0.1, 0.15) is 12.3 Å². The van der Waals surface area contributed by atoms with Crippen LogP contribution in [-0.4, -0.2) is 49.5 Å². The van der Waals surface area contributed by atoms with E-state index < -0.39 is 5.91 Å². The minimum absolute atomic E-state index is 0. The monoisotopic (exact) mass is 489 g/mol. The van der Waals surface area contributed by atoms with E-state index in [1.165, 1.54) is 5.00 Å². The predicted molar refractivity (Wildman–Crippen MR) is 116 cm³/mol. The van der Waals surface area contributed by atoms with Gasteiger partial charge in [0.15, 0.2) is 11.7 Å². The molecule has 3 heterocycles. The number of hydrogen-bond donors (Lipinski definition) is 2.